The van der Waals surface area contributed by atoms with E-state index in [1.165, 1.54) is 0 Å². The van der Waals surface area contributed by atoms with Gasteiger partial charge in [0.1, 0.15) is 0 Å². The summed E-state index contributed by atoms with van der Waals surface area (Å²) < 4.78 is 0. The van der Waals surface area contributed by atoms with Gasteiger partial charge in [-0.2, -0.15) is 5.10 Å². The zero-order valence-electron chi connectivity index (χ0n) is 8.76. The second kappa shape index (κ2) is 4.55. The molecule has 1 aromatic carbocycles. The van der Waals surface area contributed by atoms with E-state index in [9.17, 15) is 9.59 Å². The monoisotopic (exact) mass is 252 g/mol. The minimum atomic E-state index is -1.16. The van der Waals surface area contributed by atoms with Gasteiger partial charge in [0.15, 0.2) is 5.71 Å². The molecular formula is C11H9ClN2O3. The molecule has 6 heteroatoms. The Morgan fingerprint density at radius 2 is 2.29 bits per heavy atom. The quantitative estimate of drug-likeness (QED) is 0.887. The lowest BCUT2D eigenvalue weighted by Crippen LogP contribution is -2.20. The highest BCUT2D eigenvalue weighted by atomic mass is 35.5. The van der Waals surface area contributed by atoms with E-state index in [2.05, 4.69) is 5.10 Å². The highest BCUT2D eigenvalue weighted by Gasteiger charge is 2.27. The van der Waals surface area contributed by atoms with Gasteiger partial charge < -0.3 is 5.11 Å². The third-order valence-corrected chi connectivity index (χ3v) is 2.55. The first-order valence-electron chi connectivity index (χ1n) is 4.92. The van der Waals surface area contributed by atoms with Gasteiger partial charge >= 0.3 is 5.97 Å². The Bertz CT molecular complexity index is 513. The summed E-state index contributed by atoms with van der Waals surface area (Å²) in [5.41, 5.74) is 0.679. The van der Waals surface area contributed by atoms with Crippen molar-refractivity contribution in [3.05, 3.63) is 34.9 Å². The van der Waals surface area contributed by atoms with Crippen molar-refractivity contribution in [1.29, 1.82) is 0 Å². The lowest BCUT2D eigenvalue weighted by atomic mass is 10.2. The van der Waals surface area contributed by atoms with Crippen LogP contribution in [0, 0.1) is 0 Å². The van der Waals surface area contributed by atoms with Crippen molar-refractivity contribution in [2.45, 2.75) is 13.0 Å². The predicted octanol–water partition coefficient (Wildman–Crippen LogP) is 1.51. The van der Waals surface area contributed by atoms with Crippen LogP contribution in [0.2, 0.25) is 5.02 Å². The van der Waals surface area contributed by atoms with Crippen LogP contribution in [0.3, 0.4) is 0 Å². The normalized spacial score (nSPS) is 15.0. The zero-order valence-corrected chi connectivity index (χ0v) is 9.52. The van der Waals surface area contributed by atoms with Crippen LogP contribution in [0.5, 0.6) is 0 Å². The summed E-state index contributed by atoms with van der Waals surface area (Å²) in [6.45, 7) is 0.232. The van der Waals surface area contributed by atoms with Crippen molar-refractivity contribution in [3.8, 4) is 0 Å². The van der Waals surface area contributed by atoms with Crippen LogP contribution in [0.1, 0.15) is 12.0 Å². The molecule has 1 aliphatic rings. The van der Waals surface area contributed by atoms with Gasteiger partial charge in [-0.1, -0.05) is 23.7 Å². The lowest BCUT2D eigenvalue weighted by molar-refractivity contribution is -0.131. The second-order valence-corrected chi connectivity index (χ2v) is 4.05. The average molecular weight is 253 g/mol. The molecule has 0 saturated carbocycles. The third-order valence-electron chi connectivity index (χ3n) is 2.32. The number of amides is 1. The Hall–Kier alpha value is -1.88. The molecule has 0 fully saturated rings. The van der Waals surface area contributed by atoms with E-state index in [1.54, 1.807) is 24.3 Å². The van der Waals surface area contributed by atoms with Crippen molar-refractivity contribution in [3.63, 3.8) is 0 Å². The molecule has 0 radical (unpaired) electrons. The van der Waals surface area contributed by atoms with Gasteiger partial charge in [-0.05, 0) is 17.7 Å². The molecule has 2 rings (SSSR count). The van der Waals surface area contributed by atoms with E-state index in [4.69, 9.17) is 16.7 Å². The molecule has 0 unspecified atom stereocenters. The number of halogens is 1. The Morgan fingerprint density at radius 3 is 2.88 bits per heavy atom. The Morgan fingerprint density at radius 1 is 1.53 bits per heavy atom. The van der Waals surface area contributed by atoms with Crippen molar-refractivity contribution < 1.29 is 14.7 Å². The molecule has 0 bridgehead atoms. The van der Waals surface area contributed by atoms with E-state index in [1.807, 2.05) is 0 Å². The molecule has 1 heterocycles. The number of benzene rings is 1. The summed E-state index contributed by atoms with van der Waals surface area (Å²) in [4.78, 5) is 22.2. The molecule has 0 aliphatic carbocycles. The SMILES string of the molecule is O=C(O)C1=NN(Cc2cccc(Cl)c2)C(=O)C1. The first-order chi connectivity index (χ1) is 8.06. The number of aliphatic carboxylic acids is 1. The smallest absolute Gasteiger partial charge is 0.352 e. The molecule has 0 atom stereocenters. The zero-order chi connectivity index (χ0) is 12.4. The maximum Gasteiger partial charge on any atom is 0.352 e. The molecule has 1 aliphatic heterocycles. The molecule has 1 aromatic rings. The standard InChI is InChI=1S/C11H9ClN2O3/c12-8-3-1-2-7(4-8)6-14-10(15)5-9(13-14)11(16)17/h1-4H,5-6H2,(H,16,17). The summed E-state index contributed by atoms with van der Waals surface area (Å²) in [5.74, 6) is -1.48. The van der Waals surface area contributed by atoms with Crippen molar-refractivity contribution in [2.24, 2.45) is 5.10 Å². The van der Waals surface area contributed by atoms with Crippen molar-refractivity contribution >= 4 is 29.2 Å². The largest absolute Gasteiger partial charge is 0.477 e. The maximum atomic E-state index is 11.5. The van der Waals surface area contributed by atoms with Gasteiger partial charge in [-0.25, -0.2) is 9.80 Å². The number of hydrogen-bond donors (Lipinski definition) is 1. The Labute approximate surface area is 102 Å². The van der Waals surface area contributed by atoms with Crippen LogP contribution in [0.25, 0.3) is 0 Å². The Kier molecular flexibility index (Phi) is 3.10. The average Bonchev–Trinajstić information content (AvgIpc) is 2.61. The number of nitrogens with zero attached hydrogens (tertiary/aromatic N) is 2. The van der Waals surface area contributed by atoms with Crippen LogP contribution >= 0.6 is 11.6 Å². The summed E-state index contributed by atoms with van der Waals surface area (Å²) in [5, 5.41) is 14.2. The van der Waals surface area contributed by atoms with Gasteiger partial charge in [-0.3, -0.25) is 4.79 Å². The molecule has 1 N–H and O–H groups in total. The van der Waals surface area contributed by atoms with Gasteiger partial charge in [-0.15, -0.1) is 0 Å². The maximum absolute atomic E-state index is 11.5. The van der Waals surface area contributed by atoms with Gasteiger partial charge in [0.2, 0.25) is 5.91 Å². The number of carboxylic acid groups (broad SMARTS) is 1. The third kappa shape index (κ3) is 2.62. The summed E-state index contributed by atoms with van der Waals surface area (Å²) in [7, 11) is 0. The van der Waals surface area contributed by atoms with E-state index < -0.39 is 5.97 Å². The second-order valence-electron chi connectivity index (χ2n) is 3.61. The highest BCUT2D eigenvalue weighted by molar-refractivity contribution is 6.40. The molecule has 17 heavy (non-hydrogen) atoms. The van der Waals surface area contributed by atoms with E-state index >= 15 is 0 Å². The fourth-order valence-corrected chi connectivity index (χ4v) is 1.73. The predicted molar refractivity (Wildman–Crippen MR) is 61.7 cm³/mol. The topological polar surface area (TPSA) is 70.0 Å². The molecule has 0 saturated heterocycles. The van der Waals surface area contributed by atoms with Crippen LogP contribution in [-0.2, 0) is 16.1 Å². The summed E-state index contributed by atoms with van der Waals surface area (Å²) in [6.07, 6.45) is -0.157. The number of carbonyl (C=O) groups excluding carboxylic acids is 1. The number of hydrazone groups is 1. The molecule has 5 nitrogen and oxygen atoms in total. The van der Waals surface area contributed by atoms with Crippen LogP contribution < -0.4 is 0 Å². The molecule has 0 spiro atoms. The van der Waals surface area contributed by atoms with Crippen LogP contribution in [-0.4, -0.2) is 27.7 Å². The summed E-state index contributed by atoms with van der Waals surface area (Å²) >= 11 is 5.81. The van der Waals surface area contributed by atoms with Crippen molar-refractivity contribution in [1.82, 2.24) is 5.01 Å². The lowest BCUT2D eigenvalue weighted by Gasteiger charge is -2.11. The van der Waals surface area contributed by atoms with Gasteiger partial charge in [0, 0.05) is 5.02 Å². The highest BCUT2D eigenvalue weighted by Crippen LogP contribution is 2.16. The minimum absolute atomic E-state index is 0.128. The first-order valence-corrected chi connectivity index (χ1v) is 5.29. The Balaban J connectivity index is 2.14. The molecular weight excluding hydrogens is 244 g/mol. The van der Waals surface area contributed by atoms with Crippen molar-refractivity contribution in [2.75, 3.05) is 0 Å². The van der Waals surface area contributed by atoms with E-state index in [0.29, 0.717) is 5.02 Å². The molecule has 88 valence electrons. The number of carbonyl (C=O) groups is 2. The number of hydrogen-bond acceptors (Lipinski definition) is 3. The molecule has 1 amide bonds. The van der Waals surface area contributed by atoms with E-state index in [-0.39, 0.29) is 24.6 Å². The minimum Gasteiger partial charge on any atom is -0.477 e. The van der Waals surface area contributed by atoms with E-state index in [0.717, 1.165) is 10.6 Å². The summed E-state index contributed by atoms with van der Waals surface area (Å²) in [6, 6.07) is 7.00. The number of carboxylic acids is 1. The van der Waals surface area contributed by atoms with Crippen LogP contribution in [0.15, 0.2) is 29.4 Å². The number of rotatable bonds is 3. The fourth-order valence-electron chi connectivity index (χ4n) is 1.52. The first kappa shape index (κ1) is 11.6. The van der Waals surface area contributed by atoms with Gasteiger partial charge in [0.25, 0.3) is 0 Å². The van der Waals surface area contributed by atoms with Gasteiger partial charge in [0.05, 0.1) is 13.0 Å². The fraction of sp³-hybridized carbons (Fsp3) is 0.182. The van der Waals surface area contributed by atoms with Crippen LogP contribution in [0.4, 0.5) is 0 Å². The molecule has 0 aromatic heterocycles.